The van der Waals surface area contributed by atoms with Crippen LogP contribution in [0.2, 0.25) is 0 Å². The summed E-state index contributed by atoms with van der Waals surface area (Å²) in [5, 5.41) is 3.07. The number of carbonyl (C=O) groups excluding carboxylic acids is 1. The molecule has 0 heterocycles. The fourth-order valence-corrected chi connectivity index (χ4v) is 1.43. The molecular formula is C11H21ClN2O. The molecule has 0 spiro atoms. The van der Waals surface area contributed by atoms with Crippen LogP contribution in [0, 0.1) is 5.41 Å². The monoisotopic (exact) mass is 232 g/mol. The van der Waals surface area contributed by atoms with Crippen molar-refractivity contribution in [2.45, 2.75) is 39.7 Å². The lowest BCUT2D eigenvalue weighted by molar-refractivity contribution is -0.121. The van der Waals surface area contributed by atoms with Crippen LogP contribution in [0.4, 0.5) is 0 Å². The third-order valence-electron chi connectivity index (χ3n) is 1.80. The first-order valence-corrected chi connectivity index (χ1v) is 5.44. The van der Waals surface area contributed by atoms with Gasteiger partial charge >= 0.3 is 0 Å². The molecule has 0 aliphatic heterocycles. The van der Waals surface area contributed by atoms with Gasteiger partial charge < -0.3 is 11.1 Å². The number of nitrogens with two attached hydrogens (primary N) is 1. The van der Waals surface area contributed by atoms with Gasteiger partial charge in [-0.15, -0.1) is 0 Å². The molecular weight excluding hydrogens is 212 g/mol. The number of halogens is 1. The summed E-state index contributed by atoms with van der Waals surface area (Å²) >= 11 is 5.52. The zero-order valence-corrected chi connectivity index (χ0v) is 10.5. The number of nitrogens with one attached hydrogen (secondary N) is 1. The van der Waals surface area contributed by atoms with Gasteiger partial charge in [0.1, 0.15) is 0 Å². The van der Waals surface area contributed by atoms with Gasteiger partial charge in [-0.1, -0.05) is 39.0 Å². The smallest absolute Gasteiger partial charge is 0.221 e. The Morgan fingerprint density at radius 1 is 1.53 bits per heavy atom. The van der Waals surface area contributed by atoms with Gasteiger partial charge in [-0.25, -0.2) is 0 Å². The summed E-state index contributed by atoms with van der Waals surface area (Å²) in [5.41, 5.74) is 6.00. The Labute approximate surface area is 97.1 Å². The number of hydrogen-bond donors (Lipinski definition) is 2. The van der Waals surface area contributed by atoms with Gasteiger partial charge in [-0.05, 0) is 11.8 Å². The summed E-state index contributed by atoms with van der Waals surface area (Å²) in [6.45, 7) is 10.1. The average Bonchev–Trinajstić information content (AvgIpc) is 1.96. The van der Waals surface area contributed by atoms with Crippen molar-refractivity contribution in [2.24, 2.45) is 11.1 Å². The molecule has 3 nitrogen and oxygen atoms in total. The Kier molecular flexibility index (Phi) is 5.91. The summed E-state index contributed by atoms with van der Waals surface area (Å²) < 4.78 is 0. The van der Waals surface area contributed by atoms with Crippen molar-refractivity contribution in [2.75, 3.05) is 6.54 Å². The maximum absolute atomic E-state index is 11.4. The maximum atomic E-state index is 11.4. The van der Waals surface area contributed by atoms with Gasteiger partial charge in [0.25, 0.3) is 0 Å². The fraction of sp³-hybridized carbons (Fsp3) is 0.727. The number of carbonyl (C=O) groups is 1. The highest BCUT2D eigenvalue weighted by atomic mass is 35.5. The van der Waals surface area contributed by atoms with Gasteiger partial charge in [0.05, 0.1) is 6.54 Å². The van der Waals surface area contributed by atoms with E-state index in [1.54, 1.807) is 0 Å². The molecule has 15 heavy (non-hydrogen) atoms. The van der Waals surface area contributed by atoms with E-state index in [1.807, 2.05) is 0 Å². The summed E-state index contributed by atoms with van der Waals surface area (Å²) in [6, 6.07) is -0.103. The highest BCUT2D eigenvalue weighted by molar-refractivity contribution is 6.29. The molecule has 0 saturated heterocycles. The van der Waals surface area contributed by atoms with E-state index in [2.05, 4.69) is 32.7 Å². The predicted molar refractivity (Wildman–Crippen MR) is 64.7 cm³/mol. The van der Waals surface area contributed by atoms with E-state index >= 15 is 0 Å². The largest absolute Gasteiger partial charge is 0.351 e. The van der Waals surface area contributed by atoms with Crippen molar-refractivity contribution < 1.29 is 4.79 Å². The van der Waals surface area contributed by atoms with Crippen molar-refractivity contribution in [3.05, 3.63) is 11.6 Å². The molecule has 0 fully saturated rings. The van der Waals surface area contributed by atoms with Crippen LogP contribution in [0.15, 0.2) is 11.6 Å². The Hall–Kier alpha value is -0.540. The van der Waals surface area contributed by atoms with Crippen molar-refractivity contribution in [1.29, 1.82) is 0 Å². The Bertz CT molecular complexity index is 233. The third-order valence-corrected chi connectivity index (χ3v) is 1.93. The lowest BCUT2D eigenvalue weighted by Crippen LogP contribution is -2.34. The zero-order chi connectivity index (χ0) is 12.1. The van der Waals surface area contributed by atoms with Crippen molar-refractivity contribution in [3.8, 4) is 0 Å². The second-order valence-corrected chi connectivity index (χ2v) is 5.56. The maximum Gasteiger partial charge on any atom is 0.221 e. The van der Waals surface area contributed by atoms with Gasteiger partial charge in [-0.3, -0.25) is 4.79 Å². The SMILES string of the molecule is C=C(Cl)CNC(=O)CC(N)CC(C)(C)C. The van der Waals surface area contributed by atoms with Gasteiger partial charge in [0, 0.05) is 17.5 Å². The van der Waals surface area contributed by atoms with Crippen LogP contribution in [-0.2, 0) is 4.79 Å². The molecule has 1 atom stereocenters. The number of hydrogen-bond acceptors (Lipinski definition) is 2. The number of amides is 1. The molecule has 0 aromatic heterocycles. The molecule has 0 aromatic carbocycles. The zero-order valence-electron chi connectivity index (χ0n) is 9.77. The van der Waals surface area contributed by atoms with Crippen molar-refractivity contribution in [3.63, 3.8) is 0 Å². The summed E-state index contributed by atoms with van der Waals surface area (Å²) in [6.07, 6.45) is 1.16. The molecule has 0 radical (unpaired) electrons. The van der Waals surface area contributed by atoms with Crippen molar-refractivity contribution >= 4 is 17.5 Å². The molecule has 1 amide bonds. The molecule has 0 bridgehead atoms. The molecule has 0 saturated carbocycles. The quantitative estimate of drug-likeness (QED) is 0.762. The van der Waals surface area contributed by atoms with E-state index in [9.17, 15) is 4.79 Å². The van der Waals surface area contributed by atoms with E-state index < -0.39 is 0 Å². The Balaban J connectivity index is 3.81. The Morgan fingerprint density at radius 2 is 2.07 bits per heavy atom. The van der Waals surface area contributed by atoms with E-state index in [0.717, 1.165) is 6.42 Å². The fourth-order valence-electron chi connectivity index (χ4n) is 1.36. The summed E-state index contributed by atoms with van der Waals surface area (Å²) in [4.78, 5) is 11.4. The van der Waals surface area contributed by atoms with Crippen LogP contribution in [-0.4, -0.2) is 18.5 Å². The molecule has 88 valence electrons. The predicted octanol–water partition coefficient (Wildman–Crippen LogP) is 2.01. The van der Waals surface area contributed by atoms with Gasteiger partial charge in [0.2, 0.25) is 5.91 Å². The minimum Gasteiger partial charge on any atom is -0.351 e. The summed E-state index contributed by atoms with van der Waals surface area (Å²) in [7, 11) is 0. The normalized spacial score (nSPS) is 13.4. The lowest BCUT2D eigenvalue weighted by atomic mass is 9.87. The van der Waals surface area contributed by atoms with Crippen LogP contribution < -0.4 is 11.1 Å². The van der Waals surface area contributed by atoms with Crippen LogP contribution in [0.1, 0.15) is 33.6 Å². The average molecular weight is 233 g/mol. The van der Waals surface area contributed by atoms with Crippen LogP contribution in [0.25, 0.3) is 0 Å². The molecule has 3 N–H and O–H groups in total. The second-order valence-electron chi connectivity index (χ2n) is 5.02. The second kappa shape index (κ2) is 6.13. The molecule has 1 unspecified atom stereocenters. The van der Waals surface area contributed by atoms with E-state index in [-0.39, 0.29) is 17.4 Å². The number of rotatable bonds is 5. The van der Waals surface area contributed by atoms with E-state index in [4.69, 9.17) is 17.3 Å². The minimum atomic E-state index is -0.103. The van der Waals surface area contributed by atoms with Gasteiger partial charge in [0.15, 0.2) is 0 Å². The Morgan fingerprint density at radius 3 is 2.47 bits per heavy atom. The standard InChI is InChI=1S/C11H21ClN2O/c1-8(12)7-14-10(15)5-9(13)6-11(2,3)4/h9H,1,5-7,13H2,2-4H3,(H,14,15). The van der Waals surface area contributed by atoms with E-state index in [0.29, 0.717) is 18.0 Å². The van der Waals surface area contributed by atoms with Gasteiger partial charge in [-0.2, -0.15) is 0 Å². The highest BCUT2D eigenvalue weighted by Crippen LogP contribution is 2.20. The van der Waals surface area contributed by atoms with E-state index in [1.165, 1.54) is 0 Å². The van der Waals surface area contributed by atoms with Crippen LogP contribution in [0.5, 0.6) is 0 Å². The first kappa shape index (κ1) is 14.5. The highest BCUT2D eigenvalue weighted by Gasteiger charge is 2.17. The molecule has 0 aliphatic rings. The molecule has 4 heteroatoms. The van der Waals surface area contributed by atoms with Crippen LogP contribution in [0.3, 0.4) is 0 Å². The third kappa shape index (κ3) is 9.76. The molecule has 0 rings (SSSR count). The summed E-state index contributed by atoms with van der Waals surface area (Å²) in [5.74, 6) is -0.0754. The first-order valence-electron chi connectivity index (χ1n) is 5.06. The topological polar surface area (TPSA) is 55.1 Å². The van der Waals surface area contributed by atoms with Crippen LogP contribution >= 0.6 is 11.6 Å². The van der Waals surface area contributed by atoms with Crippen molar-refractivity contribution in [1.82, 2.24) is 5.32 Å². The first-order chi connectivity index (χ1) is 6.70. The molecule has 0 aromatic rings. The minimum absolute atomic E-state index is 0.0754. The molecule has 0 aliphatic carbocycles. The lowest BCUT2D eigenvalue weighted by Gasteiger charge is -2.22.